The number of aromatic nitrogens is 2. The molecule has 1 fully saturated rings. The fraction of sp³-hybridized carbons (Fsp3) is 0.643. The summed E-state index contributed by atoms with van der Waals surface area (Å²) in [4.78, 5) is 99.0. The van der Waals surface area contributed by atoms with Gasteiger partial charge in [0.2, 0.25) is 29.6 Å². The lowest BCUT2D eigenvalue weighted by Gasteiger charge is -2.31. The fourth-order valence-corrected chi connectivity index (χ4v) is 8.53. The average molecular weight is 1120 g/mol. The number of esters is 2. The first-order valence-electron chi connectivity index (χ1n) is 27.1. The van der Waals surface area contributed by atoms with E-state index in [1.807, 2.05) is 45.0 Å². The maximum Gasteiger partial charge on any atom is 0.449 e. The number of hydrogen-bond donors (Lipinski definition) is 3. The average Bonchev–Trinajstić information content (AvgIpc) is 4.06. The molecule has 1 saturated heterocycles. The number of hydrogen-bond acceptors (Lipinski definition) is 16. The Morgan fingerprint density at radius 3 is 2.15 bits per heavy atom. The van der Waals surface area contributed by atoms with Crippen LogP contribution in [0.1, 0.15) is 122 Å². The summed E-state index contributed by atoms with van der Waals surface area (Å²) in [6, 6.07) is 6.55. The minimum Gasteiger partial charge on any atom is -0.458 e. The number of carbonyl (C=O) groups excluding carboxylic acids is 6. The number of Topliss-reactive ketones (excluding diaryl/α,β-unsaturated/α-hetero) is 1. The van der Waals surface area contributed by atoms with E-state index in [4.69, 9.17) is 34.4 Å². The number of cyclic esters (lactones) is 1. The molecule has 3 aromatic rings. The predicted molar refractivity (Wildman–Crippen MR) is 293 cm³/mol. The first kappa shape index (κ1) is 69.3. The third-order valence-electron chi connectivity index (χ3n) is 12.6. The van der Waals surface area contributed by atoms with Crippen LogP contribution in [0.15, 0.2) is 35.1 Å². The minimum absolute atomic E-state index is 0.0651. The second-order valence-corrected chi connectivity index (χ2v) is 18.9. The quantitative estimate of drug-likeness (QED) is 0.0584. The lowest BCUT2D eigenvalue weighted by molar-refractivity contribution is -0.173. The van der Waals surface area contributed by atoms with E-state index in [1.165, 1.54) is 24.3 Å². The predicted octanol–water partition coefficient (Wildman–Crippen LogP) is 5.83. The summed E-state index contributed by atoms with van der Waals surface area (Å²) in [6.45, 7) is 18.9. The molecule has 0 aliphatic carbocycles. The fourth-order valence-electron chi connectivity index (χ4n) is 8.53. The van der Waals surface area contributed by atoms with Gasteiger partial charge in [0.15, 0.2) is 0 Å². The van der Waals surface area contributed by atoms with Crippen molar-refractivity contribution in [3.8, 4) is 11.4 Å². The number of nitrogens with zero attached hydrogens (tertiary/aromatic N) is 4. The largest absolute Gasteiger partial charge is 0.458 e. The summed E-state index contributed by atoms with van der Waals surface area (Å²) in [7, 11) is 7.56. The van der Waals surface area contributed by atoms with Crippen LogP contribution in [-0.2, 0) is 76.8 Å². The number of amides is 3. The van der Waals surface area contributed by atoms with Gasteiger partial charge in [-0.3, -0.25) is 24.0 Å². The molecule has 3 amide bonds. The number of fused-ring (bicyclic) bond motifs is 5. The van der Waals surface area contributed by atoms with Gasteiger partial charge in [-0.2, -0.15) is 13.2 Å². The van der Waals surface area contributed by atoms with Crippen LogP contribution in [0.3, 0.4) is 0 Å². The van der Waals surface area contributed by atoms with Crippen molar-refractivity contribution in [2.24, 2.45) is 11.7 Å². The molecule has 0 bridgehead atoms. The van der Waals surface area contributed by atoms with E-state index < -0.39 is 65.9 Å². The first-order chi connectivity index (χ1) is 37.6. The number of rotatable bonds is 23. The van der Waals surface area contributed by atoms with E-state index in [0.29, 0.717) is 83.6 Å². The van der Waals surface area contributed by atoms with Gasteiger partial charge in [-0.05, 0) is 89.7 Å². The van der Waals surface area contributed by atoms with E-state index in [-0.39, 0.29) is 42.2 Å². The monoisotopic (exact) mass is 1120 g/mol. The lowest BCUT2D eigenvalue weighted by Crippen LogP contribution is -2.56. The summed E-state index contributed by atoms with van der Waals surface area (Å²) in [6.07, 6.45) is -1.76. The molecule has 3 aliphatic rings. The molecule has 0 spiro atoms. The van der Waals surface area contributed by atoms with Gasteiger partial charge in [-0.15, -0.1) is 0 Å². The Morgan fingerprint density at radius 1 is 0.924 bits per heavy atom. The van der Waals surface area contributed by atoms with Crippen molar-refractivity contribution < 1.29 is 70.4 Å². The number of aryl methyl sites for hydroxylation is 1. The van der Waals surface area contributed by atoms with Crippen LogP contribution in [0.4, 0.5) is 13.2 Å². The number of ether oxygens (including phenoxy) is 6. The Bertz CT molecular complexity index is 2490. The van der Waals surface area contributed by atoms with Crippen LogP contribution in [-0.4, -0.2) is 167 Å². The Labute approximate surface area is 462 Å². The number of carbonyl (C=O) groups is 6. The number of halogens is 3. The van der Waals surface area contributed by atoms with Crippen molar-refractivity contribution in [2.45, 2.75) is 144 Å². The highest BCUT2D eigenvalue weighted by molar-refractivity contribution is 5.95. The van der Waals surface area contributed by atoms with Crippen LogP contribution in [0.25, 0.3) is 22.3 Å². The van der Waals surface area contributed by atoms with E-state index in [9.17, 15) is 46.7 Å². The Morgan fingerprint density at radius 2 is 1.58 bits per heavy atom. The smallest absolute Gasteiger partial charge is 0.449 e. The van der Waals surface area contributed by atoms with Crippen LogP contribution in [0.2, 0.25) is 0 Å². The van der Waals surface area contributed by atoms with Crippen LogP contribution < -0.4 is 21.9 Å². The zero-order chi connectivity index (χ0) is 59.4. The number of para-hydroxylation sites is 1. The van der Waals surface area contributed by atoms with Crippen LogP contribution >= 0.6 is 0 Å². The van der Waals surface area contributed by atoms with Crippen molar-refractivity contribution >= 4 is 46.3 Å². The topological polar surface area (TPSA) is 249 Å². The molecule has 0 radical (unpaired) electrons. The zero-order valence-corrected chi connectivity index (χ0v) is 48.3. The summed E-state index contributed by atoms with van der Waals surface area (Å²) in [5.41, 5.74) is 9.04. The van der Waals surface area contributed by atoms with E-state index in [2.05, 4.69) is 41.3 Å². The molecule has 20 nitrogen and oxygen atoms in total. The second kappa shape index (κ2) is 35.7. The molecule has 1 aromatic carbocycles. The molecule has 444 valence electrons. The van der Waals surface area contributed by atoms with Gasteiger partial charge in [-0.25, -0.2) is 14.6 Å². The Kier molecular flexibility index (Phi) is 31.3. The van der Waals surface area contributed by atoms with Crippen LogP contribution in [0.5, 0.6) is 0 Å². The van der Waals surface area contributed by atoms with E-state index in [0.717, 1.165) is 35.1 Å². The molecule has 3 aliphatic heterocycles. The number of pyridine rings is 2. The van der Waals surface area contributed by atoms with Gasteiger partial charge >= 0.3 is 18.1 Å². The van der Waals surface area contributed by atoms with Crippen molar-refractivity contribution in [1.82, 2.24) is 30.0 Å². The molecule has 3 unspecified atom stereocenters. The molecule has 79 heavy (non-hydrogen) atoms. The van der Waals surface area contributed by atoms with E-state index >= 15 is 0 Å². The number of unbranched alkanes of at least 4 members (excludes halogenated alkanes) is 1. The number of ketones is 1. The van der Waals surface area contributed by atoms with Crippen molar-refractivity contribution in [1.29, 1.82) is 0 Å². The molecule has 4 atom stereocenters. The number of methoxy groups -OCH3 is 2. The molecule has 0 saturated carbocycles. The highest BCUT2D eigenvalue weighted by Gasteiger charge is 2.42. The van der Waals surface area contributed by atoms with E-state index in [1.54, 1.807) is 45.6 Å². The molecule has 2 aromatic heterocycles. The van der Waals surface area contributed by atoms with Gasteiger partial charge in [0.05, 0.1) is 55.4 Å². The normalized spacial score (nSPS) is 15.7. The molecule has 23 heteroatoms. The molecule has 6 rings (SSSR count). The number of likely N-dealkylation sites (tertiary alicyclic amines) is 1. The van der Waals surface area contributed by atoms with Crippen LogP contribution in [0, 0.1) is 5.92 Å². The molecule has 4 N–H and O–H groups in total. The highest BCUT2D eigenvalue weighted by atomic mass is 19.4. The van der Waals surface area contributed by atoms with Crippen molar-refractivity contribution in [3.05, 3.63) is 62.9 Å². The molecule has 5 heterocycles. The van der Waals surface area contributed by atoms with Crippen molar-refractivity contribution in [2.75, 3.05) is 87.6 Å². The minimum atomic E-state index is -4.64. The maximum absolute atomic E-state index is 13.9. The zero-order valence-electron chi connectivity index (χ0n) is 48.3. The van der Waals surface area contributed by atoms with Crippen molar-refractivity contribution in [3.63, 3.8) is 0 Å². The third-order valence-corrected chi connectivity index (χ3v) is 12.6. The number of benzene rings is 1. The van der Waals surface area contributed by atoms with Gasteiger partial charge < -0.3 is 59.2 Å². The molecular formula is C56H86F3N7O13. The summed E-state index contributed by atoms with van der Waals surface area (Å²) in [5.74, 6) is -5.25. The number of nitrogens with one attached hydrogen (secondary N) is 2. The maximum atomic E-state index is 13.9. The summed E-state index contributed by atoms with van der Waals surface area (Å²) >= 11 is 0. The first-order valence-corrected chi connectivity index (χ1v) is 27.1. The van der Waals surface area contributed by atoms with Gasteiger partial charge in [-0.1, -0.05) is 59.7 Å². The summed E-state index contributed by atoms with van der Waals surface area (Å²) in [5, 5.41) is 6.54. The Hall–Kier alpha value is -5.85. The molecular weight excluding hydrogens is 1040 g/mol. The van der Waals surface area contributed by atoms with Gasteiger partial charge in [0.25, 0.3) is 5.56 Å². The van der Waals surface area contributed by atoms with Gasteiger partial charge in [0.1, 0.15) is 24.7 Å². The third kappa shape index (κ3) is 21.0. The number of nitrogens with two attached hydrogens (primary N) is 1. The highest BCUT2D eigenvalue weighted by Crippen LogP contribution is 2.39. The van der Waals surface area contributed by atoms with Gasteiger partial charge in [0, 0.05) is 70.4 Å². The summed E-state index contributed by atoms with van der Waals surface area (Å²) < 4.78 is 65.4. The second-order valence-electron chi connectivity index (χ2n) is 18.9. The standard InChI is InChI=1S/C41H51N5O10.C7H17NO.C3H3F3O.C3H9NO.C2H6/c1-6-24-25-12-9-10-13-30(25)43-35-27(24)21-46-32(35)20-26-28(38(46)49)22-55-41(52)36(26)56-40(51)34(23(4)5)44-37(48)31-14-11-16-45(31)39(50)29(7-2)42-33(47)15-17-54-19-18-53-8-3;1-8(2)6-4-5-7-9-3;1-2(7)3(4,5)6;1-5-3-2-4;1-2/h9-10,12-13,20,23,29,31,34,36H,6-8,11,14-19,21-22H2,1-5H3,(H,42,47)(H,44,48);4-7H2,1-3H3;1H3;2-4H2,1H3;1-2H3/t29?,31?,34-,36?;;;;/m0..../s1. The lowest BCUT2D eigenvalue weighted by atomic mass is 9.97. The Balaban J connectivity index is 0.000000778. The SMILES string of the molecule is CC.CC(=O)C(F)(F)F.CCOCCOCCC(=O)NC(CC)C(=O)N1CCCC1C(=O)N[C@H](C(=O)OC1C(=O)OCc2c1cc1n(c2=O)Cc2c-1nc1ccccc1c2CC)C(C)C.COCCCCN(C)C.COCCN. The number of alkyl halides is 3.